The molecule has 0 bridgehead atoms. The molecule has 1 aliphatic rings. The minimum atomic E-state index is -0.176. The first-order chi connectivity index (χ1) is 14.6. The first kappa shape index (κ1) is 19.9. The second-order valence-corrected chi connectivity index (χ2v) is 7.68. The van der Waals surface area contributed by atoms with Gasteiger partial charge in [-0.1, -0.05) is 60.7 Å². The van der Waals surface area contributed by atoms with E-state index in [-0.39, 0.29) is 23.7 Å². The van der Waals surface area contributed by atoms with Crippen molar-refractivity contribution >= 4 is 17.4 Å². The average molecular weight is 399 g/mol. The largest absolute Gasteiger partial charge is 0.489 e. The number of β-lactam (4-membered cyclic amide) rings is 1. The molecule has 30 heavy (non-hydrogen) atoms. The van der Waals surface area contributed by atoms with E-state index in [4.69, 9.17) is 4.74 Å². The molecule has 152 valence electrons. The van der Waals surface area contributed by atoms with Crippen LogP contribution in [0.25, 0.3) is 0 Å². The maximum Gasteiger partial charge on any atom is 0.233 e. The summed E-state index contributed by atoms with van der Waals surface area (Å²) < 4.78 is 5.89. The molecule has 1 saturated heterocycles. The van der Waals surface area contributed by atoms with Crippen molar-refractivity contribution in [1.82, 2.24) is 0 Å². The van der Waals surface area contributed by atoms with Crippen molar-refractivity contribution in [3.63, 3.8) is 0 Å². The fourth-order valence-corrected chi connectivity index (χ4v) is 3.95. The molecule has 4 nitrogen and oxygen atoms in total. The predicted octanol–water partition coefficient (Wildman–Crippen LogP) is 5.34. The highest BCUT2D eigenvalue weighted by atomic mass is 16.5. The number of hydrogen-bond donors (Lipinski definition) is 0. The smallest absolute Gasteiger partial charge is 0.233 e. The number of benzene rings is 3. The van der Waals surface area contributed by atoms with Gasteiger partial charge in [0.2, 0.25) is 5.91 Å². The summed E-state index contributed by atoms with van der Waals surface area (Å²) in [6.07, 6.45) is 1.00. The van der Waals surface area contributed by atoms with E-state index in [1.165, 1.54) is 0 Å². The quantitative estimate of drug-likeness (QED) is 0.481. The van der Waals surface area contributed by atoms with Gasteiger partial charge in [0.15, 0.2) is 0 Å². The minimum Gasteiger partial charge on any atom is -0.489 e. The number of ketones is 1. The molecule has 1 aliphatic heterocycles. The van der Waals surface area contributed by atoms with Crippen LogP contribution in [0.2, 0.25) is 0 Å². The van der Waals surface area contributed by atoms with Crippen molar-refractivity contribution in [3.05, 3.63) is 96.1 Å². The second kappa shape index (κ2) is 8.95. The standard InChI is InChI=1S/C26H25NO3/c1-19(28)12-17-24-25(27(26(24)29)22-10-6-3-7-11-22)21-13-15-23(16-14-21)30-18-20-8-4-2-5-9-20/h2-11,13-16,24-25H,12,17-18H2,1H3. The van der Waals surface area contributed by atoms with Crippen LogP contribution in [0.5, 0.6) is 5.75 Å². The Labute approximate surface area is 177 Å². The van der Waals surface area contributed by atoms with Crippen LogP contribution in [0.4, 0.5) is 5.69 Å². The summed E-state index contributed by atoms with van der Waals surface area (Å²) >= 11 is 0. The number of nitrogens with zero attached hydrogens (tertiary/aromatic N) is 1. The Kier molecular flexibility index (Phi) is 5.94. The molecule has 2 unspecified atom stereocenters. The van der Waals surface area contributed by atoms with Gasteiger partial charge in [-0.25, -0.2) is 0 Å². The Bertz CT molecular complexity index is 999. The van der Waals surface area contributed by atoms with Crippen LogP contribution in [-0.2, 0) is 16.2 Å². The fraction of sp³-hybridized carbons (Fsp3) is 0.231. The monoisotopic (exact) mass is 399 g/mol. The molecule has 0 aromatic heterocycles. The molecule has 3 aromatic carbocycles. The number of hydrogen-bond acceptors (Lipinski definition) is 3. The lowest BCUT2D eigenvalue weighted by atomic mass is 9.78. The zero-order valence-electron chi connectivity index (χ0n) is 17.0. The van der Waals surface area contributed by atoms with Gasteiger partial charge in [0, 0.05) is 12.1 Å². The molecule has 4 rings (SSSR count). The highest BCUT2D eigenvalue weighted by Gasteiger charge is 2.48. The van der Waals surface area contributed by atoms with E-state index >= 15 is 0 Å². The molecule has 0 saturated carbocycles. The molecule has 1 fully saturated rings. The average Bonchev–Trinajstić information content (AvgIpc) is 2.78. The molecule has 1 heterocycles. The Hall–Kier alpha value is -3.40. The van der Waals surface area contributed by atoms with Crippen molar-refractivity contribution in [2.45, 2.75) is 32.4 Å². The molecular weight excluding hydrogens is 374 g/mol. The van der Waals surface area contributed by atoms with Gasteiger partial charge in [0.1, 0.15) is 18.1 Å². The van der Waals surface area contributed by atoms with Gasteiger partial charge in [0.25, 0.3) is 0 Å². The molecule has 0 N–H and O–H groups in total. The van der Waals surface area contributed by atoms with Crippen LogP contribution in [0, 0.1) is 5.92 Å². The van der Waals surface area contributed by atoms with Crippen LogP contribution >= 0.6 is 0 Å². The number of amides is 1. The number of para-hydroxylation sites is 1. The number of anilines is 1. The van der Waals surface area contributed by atoms with Gasteiger partial charge in [-0.2, -0.15) is 0 Å². The van der Waals surface area contributed by atoms with Gasteiger partial charge in [-0.3, -0.25) is 4.79 Å². The highest BCUT2D eigenvalue weighted by molar-refractivity contribution is 6.03. The van der Waals surface area contributed by atoms with Crippen LogP contribution in [0.1, 0.15) is 36.9 Å². The summed E-state index contributed by atoms with van der Waals surface area (Å²) in [5.74, 6) is 0.811. The molecule has 0 aliphatic carbocycles. The van der Waals surface area contributed by atoms with Crippen molar-refractivity contribution in [1.29, 1.82) is 0 Å². The SMILES string of the molecule is CC(=O)CCC1C(=O)N(c2ccccc2)C1c1ccc(OCc2ccccc2)cc1. The van der Waals surface area contributed by atoms with Gasteiger partial charge < -0.3 is 14.4 Å². The number of Topliss-reactive ketones (excluding diaryl/α,β-unsaturated/α-hetero) is 1. The van der Waals surface area contributed by atoms with Crippen molar-refractivity contribution in [2.24, 2.45) is 5.92 Å². The van der Waals surface area contributed by atoms with E-state index in [2.05, 4.69) is 0 Å². The maximum atomic E-state index is 12.9. The Morgan fingerprint density at radius 1 is 0.900 bits per heavy atom. The number of ether oxygens (including phenoxy) is 1. The predicted molar refractivity (Wildman–Crippen MR) is 117 cm³/mol. The fourth-order valence-electron chi connectivity index (χ4n) is 3.95. The molecule has 0 radical (unpaired) electrons. The zero-order valence-corrected chi connectivity index (χ0v) is 17.0. The number of carbonyl (C=O) groups is 2. The Balaban J connectivity index is 1.52. The van der Waals surface area contributed by atoms with Crippen molar-refractivity contribution in [3.8, 4) is 5.75 Å². The summed E-state index contributed by atoms with van der Waals surface area (Å²) in [6, 6.07) is 27.6. The van der Waals surface area contributed by atoms with Crippen LogP contribution in [-0.4, -0.2) is 11.7 Å². The third-order valence-corrected chi connectivity index (χ3v) is 5.53. The molecule has 4 heteroatoms. The molecule has 0 spiro atoms. The van der Waals surface area contributed by atoms with Crippen molar-refractivity contribution < 1.29 is 14.3 Å². The van der Waals surface area contributed by atoms with E-state index in [9.17, 15) is 9.59 Å². The lowest BCUT2D eigenvalue weighted by molar-refractivity contribution is -0.131. The maximum absolute atomic E-state index is 12.9. The van der Waals surface area contributed by atoms with Crippen molar-refractivity contribution in [2.75, 3.05) is 4.90 Å². The highest BCUT2D eigenvalue weighted by Crippen LogP contribution is 2.45. The number of carbonyl (C=O) groups excluding carboxylic acids is 2. The first-order valence-corrected chi connectivity index (χ1v) is 10.3. The summed E-state index contributed by atoms with van der Waals surface area (Å²) in [6.45, 7) is 2.09. The van der Waals surface area contributed by atoms with Crippen LogP contribution in [0.15, 0.2) is 84.9 Å². The van der Waals surface area contributed by atoms with Gasteiger partial charge in [0.05, 0.1) is 12.0 Å². The normalized spacial score (nSPS) is 18.0. The topological polar surface area (TPSA) is 46.6 Å². The third kappa shape index (κ3) is 4.28. The Morgan fingerprint density at radius 3 is 2.17 bits per heavy atom. The van der Waals surface area contributed by atoms with Gasteiger partial charge in [-0.15, -0.1) is 0 Å². The van der Waals surface area contributed by atoms with Crippen LogP contribution < -0.4 is 9.64 Å². The molecular formula is C26H25NO3. The van der Waals surface area contributed by atoms with E-state index < -0.39 is 0 Å². The second-order valence-electron chi connectivity index (χ2n) is 7.68. The van der Waals surface area contributed by atoms with Crippen LogP contribution in [0.3, 0.4) is 0 Å². The molecule has 2 atom stereocenters. The summed E-state index contributed by atoms with van der Waals surface area (Å²) in [5, 5.41) is 0. The molecule has 1 amide bonds. The minimum absolute atomic E-state index is 0.0672. The Morgan fingerprint density at radius 2 is 1.53 bits per heavy atom. The zero-order chi connectivity index (χ0) is 20.9. The van der Waals surface area contributed by atoms with Gasteiger partial charge in [-0.05, 0) is 48.7 Å². The van der Waals surface area contributed by atoms with E-state index in [1.54, 1.807) is 6.92 Å². The summed E-state index contributed by atoms with van der Waals surface area (Å²) in [5.41, 5.74) is 3.06. The lowest BCUT2D eigenvalue weighted by Gasteiger charge is -2.47. The first-order valence-electron chi connectivity index (χ1n) is 10.3. The third-order valence-electron chi connectivity index (χ3n) is 5.53. The summed E-state index contributed by atoms with van der Waals surface area (Å²) in [4.78, 5) is 26.2. The van der Waals surface area contributed by atoms with Gasteiger partial charge >= 0.3 is 0 Å². The summed E-state index contributed by atoms with van der Waals surface area (Å²) in [7, 11) is 0. The lowest BCUT2D eigenvalue weighted by Crippen LogP contribution is -2.55. The van der Waals surface area contributed by atoms with E-state index in [0.29, 0.717) is 19.4 Å². The number of rotatable bonds is 8. The van der Waals surface area contributed by atoms with E-state index in [0.717, 1.165) is 22.6 Å². The molecule has 3 aromatic rings. The van der Waals surface area contributed by atoms with E-state index in [1.807, 2.05) is 89.8 Å².